The first-order chi connectivity index (χ1) is 9.07. The number of nitrogens with one attached hydrogen (secondary N) is 1. The van der Waals surface area contributed by atoms with Crippen LogP contribution in [0.4, 0.5) is 5.69 Å². The van der Waals surface area contributed by atoms with Gasteiger partial charge in [0.2, 0.25) is 15.0 Å². The molecule has 1 aromatic heterocycles. The maximum atomic E-state index is 12.4. The van der Waals surface area contributed by atoms with E-state index in [-0.39, 0.29) is 10.1 Å². The Kier molecular flexibility index (Phi) is 2.53. The number of H-pyrrole nitrogens is 1. The number of hydrogen-bond acceptors (Lipinski definition) is 4. The molecule has 0 saturated carbocycles. The lowest BCUT2D eigenvalue weighted by Gasteiger charge is -2.01. The van der Waals surface area contributed by atoms with Gasteiger partial charge in [0.15, 0.2) is 0 Å². The van der Waals surface area contributed by atoms with E-state index in [4.69, 9.17) is 5.73 Å². The topological polar surface area (TPSA) is 88.8 Å². The molecule has 19 heavy (non-hydrogen) atoms. The number of imidazole rings is 1. The normalized spacial score (nSPS) is 11.8. The van der Waals surface area contributed by atoms with Crippen molar-refractivity contribution in [3.05, 3.63) is 48.5 Å². The second kappa shape index (κ2) is 4.10. The van der Waals surface area contributed by atoms with Crippen molar-refractivity contribution in [2.45, 2.75) is 10.1 Å². The van der Waals surface area contributed by atoms with E-state index in [1.807, 2.05) is 12.1 Å². The number of nitrogen functional groups attached to an aromatic ring is 1. The highest BCUT2D eigenvalue weighted by Crippen LogP contribution is 2.21. The molecule has 0 atom stereocenters. The molecule has 2 aromatic carbocycles. The zero-order valence-electron chi connectivity index (χ0n) is 9.87. The van der Waals surface area contributed by atoms with Gasteiger partial charge in [-0.1, -0.05) is 12.1 Å². The number of sulfone groups is 1. The molecule has 5 nitrogen and oxygen atoms in total. The summed E-state index contributed by atoms with van der Waals surface area (Å²) in [5.41, 5.74) is 7.38. The minimum Gasteiger partial charge on any atom is -0.399 e. The van der Waals surface area contributed by atoms with Crippen LogP contribution in [-0.4, -0.2) is 18.4 Å². The monoisotopic (exact) mass is 273 g/mol. The Morgan fingerprint density at radius 2 is 1.68 bits per heavy atom. The summed E-state index contributed by atoms with van der Waals surface area (Å²) < 4.78 is 24.8. The molecule has 6 heteroatoms. The molecule has 3 rings (SSSR count). The number of fused-ring (bicyclic) bond motifs is 1. The third-order valence-electron chi connectivity index (χ3n) is 2.81. The van der Waals surface area contributed by atoms with E-state index >= 15 is 0 Å². The average molecular weight is 273 g/mol. The van der Waals surface area contributed by atoms with Gasteiger partial charge in [-0.15, -0.1) is 0 Å². The Morgan fingerprint density at radius 1 is 1.00 bits per heavy atom. The van der Waals surface area contributed by atoms with Gasteiger partial charge < -0.3 is 10.7 Å². The van der Waals surface area contributed by atoms with E-state index in [1.165, 1.54) is 12.1 Å². The molecule has 3 N–H and O–H groups in total. The van der Waals surface area contributed by atoms with Gasteiger partial charge in [-0.2, -0.15) is 0 Å². The van der Waals surface area contributed by atoms with Crippen molar-refractivity contribution < 1.29 is 8.42 Å². The van der Waals surface area contributed by atoms with Gasteiger partial charge in [-0.3, -0.25) is 0 Å². The molecule has 0 aliphatic carbocycles. The highest BCUT2D eigenvalue weighted by molar-refractivity contribution is 7.91. The Balaban J connectivity index is 2.16. The summed E-state index contributed by atoms with van der Waals surface area (Å²) in [5, 5.41) is -0.0570. The van der Waals surface area contributed by atoms with Gasteiger partial charge in [0.1, 0.15) is 0 Å². The molecule has 0 spiro atoms. The molecule has 0 unspecified atom stereocenters. The number of rotatable bonds is 2. The minimum absolute atomic E-state index is 0.0570. The fraction of sp³-hybridized carbons (Fsp3) is 0. The number of aromatic nitrogens is 2. The predicted molar refractivity (Wildman–Crippen MR) is 72.4 cm³/mol. The van der Waals surface area contributed by atoms with E-state index in [2.05, 4.69) is 9.97 Å². The Bertz CT molecular complexity index is 803. The zero-order chi connectivity index (χ0) is 13.5. The highest BCUT2D eigenvalue weighted by atomic mass is 32.2. The third kappa shape index (κ3) is 1.96. The number of anilines is 1. The molecule has 0 bridgehead atoms. The van der Waals surface area contributed by atoms with Crippen LogP contribution in [0.3, 0.4) is 0 Å². The van der Waals surface area contributed by atoms with Crippen LogP contribution in [0.5, 0.6) is 0 Å². The number of nitrogens with two attached hydrogens (primary N) is 1. The quantitative estimate of drug-likeness (QED) is 0.699. The molecular formula is C13H11N3O2S. The van der Waals surface area contributed by atoms with Crippen molar-refractivity contribution in [3.8, 4) is 0 Å². The van der Waals surface area contributed by atoms with Crippen LogP contribution in [0.25, 0.3) is 11.0 Å². The van der Waals surface area contributed by atoms with Crippen LogP contribution >= 0.6 is 0 Å². The first kappa shape index (κ1) is 11.7. The standard InChI is InChI=1S/C13H11N3O2S/c14-9-5-7-10(8-6-9)19(17,18)13-15-11-3-1-2-4-12(11)16-13/h1-8H,14H2,(H,15,16). The SMILES string of the molecule is Nc1ccc(S(=O)(=O)c2nc3ccccc3[nH]2)cc1. The minimum atomic E-state index is -3.64. The lowest BCUT2D eigenvalue weighted by Crippen LogP contribution is -2.04. The van der Waals surface area contributed by atoms with Crippen LogP contribution in [0, 0.1) is 0 Å². The van der Waals surface area contributed by atoms with E-state index in [9.17, 15) is 8.42 Å². The molecule has 0 radical (unpaired) electrons. The number of aromatic amines is 1. The zero-order valence-corrected chi connectivity index (χ0v) is 10.7. The summed E-state index contributed by atoms with van der Waals surface area (Å²) >= 11 is 0. The molecule has 0 aliphatic heterocycles. The summed E-state index contributed by atoms with van der Waals surface area (Å²) in [4.78, 5) is 7.09. The molecular weight excluding hydrogens is 262 g/mol. The van der Waals surface area contributed by atoms with Crippen LogP contribution in [0.1, 0.15) is 0 Å². The molecule has 3 aromatic rings. The molecule has 0 amide bonds. The number of nitrogens with zero attached hydrogens (tertiary/aromatic N) is 1. The van der Waals surface area contributed by atoms with E-state index < -0.39 is 9.84 Å². The van der Waals surface area contributed by atoms with Crippen molar-refractivity contribution in [1.82, 2.24) is 9.97 Å². The summed E-state index contributed by atoms with van der Waals surface area (Å²) in [6.45, 7) is 0. The Labute approximate surface area is 110 Å². The highest BCUT2D eigenvalue weighted by Gasteiger charge is 2.21. The number of benzene rings is 2. The van der Waals surface area contributed by atoms with Crippen molar-refractivity contribution in [2.75, 3.05) is 5.73 Å². The third-order valence-corrected chi connectivity index (χ3v) is 4.41. The van der Waals surface area contributed by atoms with E-state index in [0.29, 0.717) is 16.7 Å². The van der Waals surface area contributed by atoms with Gasteiger partial charge in [-0.05, 0) is 36.4 Å². The van der Waals surface area contributed by atoms with Crippen LogP contribution in [-0.2, 0) is 9.84 Å². The van der Waals surface area contributed by atoms with Gasteiger partial charge >= 0.3 is 0 Å². The largest absolute Gasteiger partial charge is 0.399 e. The van der Waals surface area contributed by atoms with Gasteiger partial charge in [0.25, 0.3) is 0 Å². The smallest absolute Gasteiger partial charge is 0.239 e. The average Bonchev–Trinajstić information content (AvgIpc) is 2.83. The molecule has 0 fully saturated rings. The maximum absolute atomic E-state index is 12.4. The van der Waals surface area contributed by atoms with Crippen molar-refractivity contribution >= 4 is 26.6 Å². The molecule has 0 aliphatic rings. The Hall–Kier alpha value is -2.34. The lowest BCUT2D eigenvalue weighted by atomic mass is 10.3. The van der Waals surface area contributed by atoms with Crippen molar-refractivity contribution in [1.29, 1.82) is 0 Å². The summed E-state index contributed by atoms with van der Waals surface area (Å²) in [5.74, 6) is 0. The van der Waals surface area contributed by atoms with Crippen LogP contribution < -0.4 is 5.73 Å². The predicted octanol–water partition coefficient (Wildman–Crippen LogP) is 1.98. The summed E-state index contributed by atoms with van der Waals surface area (Å²) in [6, 6.07) is 13.2. The van der Waals surface area contributed by atoms with Gasteiger partial charge in [0.05, 0.1) is 15.9 Å². The second-order valence-corrected chi connectivity index (χ2v) is 6.00. The molecule has 0 saturated heterocycles. The fourth-order valence-electron chi connectivity index (χ4n) is 1.82. The maximum Gasteiger partial charge on any atom is 0.239 e. The van der Waals surface area contributed by atoms with E-state index in [1.54, 1.807) is 24.3 Å². The fourth-order valence-corrected chi connectivity index (χ4v) is 3.00. The summed E-state index contributed by atoms with van der Waals surface area (Å²) in [6.07, 6.45) is 0. The number of hydrogen-bond donors (Lipinski definition) is 2. The van der Waals surface area contributed by atoms with Crippen LogP contribution in [0.2, 0.25) is 0 Å². The molecule has 96 valence electrons. The Morgan fingerprint density at radius 3 is 2.37 bits per heavy atom. The molecule has 1 heterocycles. The second-order valence-electron chi connectivity index (χ2n) is 4.13. The van der Waals surface area contributed by atoms with Crippen molar-refractivity contribution in [2.24, 2.45) is 0 Å². The van der Waals surface area contributed by atoms with E-state index in [0.717, 1.165) is 0 Å². The first-order valence-corrected chi connectivity index (χ1v) is 7.11. The number of para-hydroxylation sites is 2. The van der Waals surface area contributed by atoms with Crippen molar-refractivity contribution in [3.63, 3.8) is 0 Å². The van der Waals surface area contributed by atoms with Crippen LogP contribution in [0.15, 0.2) is 58.6 Å². The first-order valence-electron chi connectivity index (χ1n) is 5.63. The van der Waals surface area contributed by atoms with Gasteiger partial charge in [-0.25, -0.2) is 13.4 Å². The summed E-state index contributed by atoms with van der Waals surface area (Å²) in [7, 11) is -3.64. The lowest BCUT2D eigenvalue weighted by molar-refractivity contribution is 0.589. The van der Waals surface area contributed by atoms with Gasteiger partial charge in [0, 0.05) is 5.69 Å².